The normalized spacial score (nSPS) is 28.6. The third-order valence-electron chi connectivity index (χ3n) is 5.95. The van der Waals surface area contributed by atoms with Gasteiger partial charge in [-0.1, -0.05) is 43.3 Å². The number of ether oxygens (including phenoxy) is 1. The minimum Gasteiger partial charge on any atom is -0.375 e. The summed E-state index contributed by atoms with van der Waals surface area (Å²) in [5, 5.41) is 3.72. The lowest BCUT2D eigenvalue weighted by molar-refractivity contribution is 0.0529. The van der Waals surface area contributed by atoms with Gasteiger partial charge in [-0.15, -0.1) is 0 Å². The molecule has 4 atom stereocenters. The molecule has 0 bridgehead atoms. The molecule has 2 heterocycles. The molecule has 0 radical (unpaired) electrons. The second kappa shape index (κ2) is 7.77. The van der Waals surface area contributed by atoms with E-state index in [1.807, 2.05) is 6.20 Å². The van der Waals surface area contributed by atoms with Crippen LogP contribution in [0.1, 0.15) is 37.3 Å². The van der Waals surface area contributed by atoms with Crippen molar-refractivity contribution in [3.63, 3.8) is 0 Å². The fourth-order valence-electron chi connectivity index (χ4n) is 4.18. The van der Waals surface area contributed by atoms with E-state index in [2.05, 4.69) is 71.5 Å². The van der Waals surface area contributed by atoms with E-state index in [0.717, 1.165) is 32.1 Å². The lowest BCUT2D eigenvalue weighted by atomic mass is 9.67. The predicted molar refractivity (Wildman–Crippen MR) is 105 cm³/mol. The van der Waals surface area contributed by atoms with E-state index in [0.29, 0.717) is 17.9 Å². The molecule has 1 N–H and O–H groups in total. The van der Waals surface area contributed by atoms with E-state index in [1.165, 1.54) is 17.5 Å². The van der Waals surface area contributed by atoms with Gasteiger partial charge in [0.1, 0.15) is 5.82 Å². The summed E-state index contributed by atoms with van der Waals surface area (Å²) in [6.07, 6.45) is 3.52. The van der Waals surface area contributed by atoms with Gasteiger partial charge < -0.3 is 15.0 Å². The van der Waals surface area contributed by atoms with Crippen LogP contribution in [0.25, 0.3) is 0 Å². The maximum atomic E-state index is 5.61. The van der Waals surface area contributed by atoms with Gasteiger partial charge in [-0.05, 0) is 42.4 Å². The van der Waals surface area contributed by atoms with Crippen LogP contribution in [-0.4, -0.2) is 36.8 Å². The number of pyridine rings is 1. The molecule has 0 unspecified atom stereocenters. The van der Waals surface area contributed by atoms with Crippen LogP contribution in [0.15, 0.2) is 48.7 Å². The van der Waals surface area contributed by atoms with Crippen LogP contribution in [-0.2, 0) is 11.3 Å². The number of hydrogen-bond acceptors (Lipinski definition) is 4. The zero-order chi connectivity index (χ0) is 17.9. The Bertz CT molecular complexity index is 703. The molecule has 1 aliphatic carbocycles. The summed E-state index contributed by atoms with van der Waals surface area (Å²) in [5.41, 5.74) is 2.73. The first-order valence-corrected chi connectivity index (χ1v) is 9.80. The summed E-state index contributed by atoms with van der Waals surface area (Å²) in [4.78, 5) is 6.98. The first-order valence-electron chi connectivity index (χ1n) is 9.80. The number of benzene rings is 1. The molecule has 1 aromatic carbocycles. The van der Waals surface area contributed by atoms with Crippen molar-refractivity contribution in [2.45, 2.75) is 44.9 Å². The SMILES string of the molecule is C[C@@H]1[C@@H](c2ccccc2)C[C@H]1NCc1ccc(N2CCO[C@H](C)C2)nc1. The number of rotatable bonds is 5. The van der Waals surface area contributed by atoms with Crippen molar-refractivity contribution < 1.29 is 4.74 Å². The first-order chi connectivity index (χ1) is 12.7. The van der Waals surface area contributed by atoms with Crippen LogP contribution in [0.2, 0.25) is 0 Å². The molecule has 1 aliphatic heterocycles. The molecule has 4 rings (SSSR count). The van der Waals surface area contributed by atoms with Crippen LogP contribution < -0.4 is 10.2 Å². The summed E-state index contributed by atoms with van der Waals surface area (Å²) >= 11 is 0. The Hall–Kier alpha value is -1.91. The van der Waals surface area contributed by atoms with Gasteiger partial charge in [0.25, 0.3) is 0 Å². The Kier molecular flexibility index (Phi) is 5.23. The topological polar surface area (TPSA) is 37.4 Å². The zero-order valence-corrected chi connectivity index (χ0v) is 15.8. The Morgan fingerprint density at radius 3 is 2.69 bits per heavy atom. The molecule has 2 aromatic rings. The van der Waals surface area contributed by atoms with E-state index in [-0.39, 0.29) is 6.10 Å². The summed E-state index contributed by atoms with van der Waals surface area (Å²) in [6.45, 7) is 8.00. The van der Waals surface area contributed by atoms with Crippen molar-refractivity contribution in [3.05, 3.63) is 59.8 Å². The second-order valence-corrected chi connectivity index (χ2v) is 7.75. The van der Waals surface area contributed by atoms with E-state index < -0.39 is 0 Å². The molecule has 4 heteroatoms. The molecule has 2 fully saturated rings. The van der Waals surface area contributed by atoms with Crippen molar-refractivity contribution in [1.82, 2.24) is 10.3 Å². The minimum atomic E-state index is 0.282. The fraction of sp³-hybridized carbons (Fsp3) is 0.500. The van der Waals surface area contributed by atoms with Crippen molar-refractivity contribution in [1.29, 1.82) is 0 Å². The molecule has 138 valence electrons. The number of aromatic nitrogens is 1. The average molecular weight is 351 g/mol. The lowest BCUT2D eigenvalue weighted by Crippen LogP contribution is -2.47. The monoisotopic (exact) mass is 351 g/mol. The Morgan fingerprint density at radius 2 is 2.00 bits per heavy atom. The van der Waals surface area contributed by atoms with Crippen LogP contribution >= 0.6 is 0 Å². The van der Waals surface area contributed by atoms with E-state index >= 15 is 0 Å². The van der Waals surface area contributed by atoms with Gasteiger partial charge >= 0.3 is 0 Å². The molecule has 4 nitrogen and oxygen atoms in total. The van der Waals surface area contributed by atoms with Crippen molar-refractivity contribution in [2.75, 3.05) is 24.6 Å². The molecular weight excluding hydrogens is 322 g/mol. The zero-order valence-electron chi connectivity index (χ0n) is 15.8. The van der Waals surface area contributed by atoms with Gasteiger partial charge in [-0.2, -0.15) is 0 Å². The molecule has 1 aromatic heterocycles. The van der Waals surface area contributed by atoms with Gasteiger partial charge in [0, 0.05) is 31.9 Å². The van der Waals surface area contributed by atoms with Gasteiger partial charge in [0.2, 0.25) is 0 Å². The Morgan fingerprint density at radius 1 is 1.15 bits per heavy atom. The highest BCUT2D eigenvalue weighted by atomic mass is 16.5. The lowest BCUT2D eigenvalue weighted by Gasteiger charge is -2.44. The van der Waals surface area contributed by atoms with Crippen LogP contribution in [0.4, 0.5) is 5.82 Å². The Balaban J connectivity index is 1.28. The summed E-state index contributed by atoms with van der Waals surface area (Å²) in [6, 6.07) is 15.8. The first kappa shape index (κ1) is 17.5. The van der Waals surface area contributed by atoms with Gasteiger partial charge in [0.05, 0.1) is 12.7 Å². The van der Waals surface area contributed by atoms with Gasteiger partial charge in [0.15, 0.2) is 0 Å². The predicted octanol–water partition coefficient (Wildman–Crippen LogP) is 3.59. The van der Waals surface area contributed by atoms with E-state index in [1.54, 1.807) is 0 Å². The van der Waals surface area contributed by atoms with E-state index in [9.17, 15) is 0 Å². The Labute approximate surface area is 156 Å². The van der Waals surface area contributed by atoms with Crippen molar-refractivity contribution in [2.24, 2.45) is 5.92 Å². The minimum absolute atomic E-state index is 0.282. The number of nitrogens with zero attached hydrogens (tertiary/aromatic N) is 2. The number of nitrogens with one attached hydrogen (secondary N) is 1. The molecule has 2 aliphatic rings. The highest BCUT2D eigenvalue weighted by Gasteiger charge is 2.37. The molecular formula is C22H29N3O. The average Bonchev–Trinajstić information content (AvgIpc) is 2.68. The van der Waals surface area contributed by atoms with Crippen LogP contribution in [0, 0.1) is 5.92 Å². The van der Waals surface area contributed by atoms with Crippen molar-refractivity contribution in [3.8, 4) is 0 Å². The van der Waals surface area contributed by atoms with Crippen LogP contribution in [0.3, 0.4) is 0 Å². The highest BCUT2D eigenvalue weighted by Crippen LogP contribution is 2.42. The number of hydrogen-bond donors (Lipinski definition) is 1. The molecule has 1 saturated heterocycles. The van der Waals surface area contributed by atoms with Gasteiger partial charge in [-0.25, -0.2) is 4.98 Å². The third kappa shape index (κ3) is 3.76. The molecule has 0 spiro atoms. The quantitative estimate of drug-likeness (QED) is 0.893. The van der Waals surface area contributed by atoms with E-state index in [4.69, 9.17) is 4.74 Å². The largest absolute Gasteiger partial charge is 0.375 e. The second-order valence-electron chi connectivity index (χ2n) is 7.75. The molecule has 1 saturated carbocycles. The van der Waals surface area contributed by atoms with Crippen molar-refractivity contribution >= 4 is 5.82 Å². The summed E-state index contributed by atoms with van der Waals surface area (Å²) < 4.78 is 5.61. The summed E-state index contributed by atoms with van der Waals surface area (Å²) in [7, 11) is 0. The standard InChI is InChI=1S/C22H29N3O/c1-16-15-25(10-11-26-16)22-9-8-18(14-24-22)13-23-21-12-20(17(21)2)19-6-4-3-5-7-19/h3-9,14,16-17,20-21,23H,10-13,15H2,1-2H3/t16-,17-,20+,21-/m1/s1. The molecule has 26 heavy (non-hydrogen) atoms. The number of morpholine rings is 1. The maximum Gasteiger partial charge on any atom is 0.128 e. The van der Waals surface area contributed by atoms with Gasteiger partial charge in [-0.3, -0.25) is 0 Å². The highest BCUT2D eigenvalue weighted by molar-refractivity contribution is 5.40. The summed E-state index contributed by atoms with van der Waals surface area (Å²) in [5.74, 6) is 2.43. The van der Waals surface area contributed by atoms with Crippen LogP contribution in [0.5, 0.6) is 0 Å². The smallest absolute Gasteiger partial charge is 0.128 e. The maximum absolute atomic E-state index is 5.61. The fourth-order valence-corrected chi connectivity index (χ4v) is 4.18. The molecule has 0 amide bonds. The number of anilines is 1. The third-order valence-corrected chi connectivity index (χ3v) is 5.95.